The fourth-order valence-corrected chi connectivity index (χ4v) is 3.10. The molecule has 8 heteroatoms. The fourth-order valence-electron chi connectivity index (χ4n) is 2.36. The van der Waals surface area contributed by atoms with Crippen molar-refractivity contribution in [3.05, 3.63) is 54.1 Å². The van der Waals surface area contributed by atoms with E-state index in [9.17, 15) is 9.59 Å². The monoisotopic (exact) mass is 352 g/mol. The molecule has 2 heterocycles. The Labute approximate surface area is 146 Å². The van der Waals surface area contributed by atoms with Gasteiger partial charge in [-0.25, -0.2) is 0 Å². The maximum atomic E-state index is 12.4. The van der Waals surface area contributed by atoms with Gasteiger partial charge in [0.1, 0.15) is 10.8 Å². The van der Waals surface area contributed by atoms with E-state index in [-0.39, 0.29) is 18.4 Å². The number of benzene rings is 2. The highest BCUT2D eigenvalue weighted by atomic mass is 32.1. The molecule has 1 aromatic heterocycles. The molecule has 1 aliphatic rings. The molecule has 2 aromatic carbocycles. The van der Waals surface area contributed by atoms with Crippen molar-refractivity contribution in [1.29, 1.82) is 0 Å². The van der Waals surface area contributed by atoms with E-state index in [1.807, 2.05) is 30.3 Å². The average molecular weight is 352 g/mol. The summed E-state index contributed by atoms with van der Waals surface area (Å²) in [4.78, 5) is 23.7. The van der Waals surface area contributed by atoms with Crippen LogP contribution < -0.4 is 15.4 Å². The highest BCUT2D eigenvalue weighted by Gasteiger charge is 2.18. The Morgan fingerprint density at radius 2 is 2.00 bits per heavy atom. The minimum atomic E-state index is -0.320. The van der Waals surface area contributed by atoms with Gasteiger partial charge in [0.2, 0.25) is 5.13 Å². The van der Waals surface area contributed by atoms with Crippen LogP contribution in [-0.2, 0) is 4.79 Å². The first-order chi connectivity index (χ1) is 12.2. The van der Waals surface area contributed by atoms with Crippen LogP contribution in [0.5, 0.6) is 5.75 Å². The van der Waals surface area contributed by atoms with Crippen LogP contribution in [0.4, 0.5) is 10.8 Å². The summed E-state index contributed by atoms with van der Waals surface area (Å²) in [6.07, 6.45) is 0. The zero-order chi connectivity index (χ0) is 17.2. The topological polar surface area (TPSA) is 93.2 Å². The number of carbonyl (C=O) groups excluding carboxylic acids is 2. The lowest BCUT2D eigenvalue weighted by atomic mass is 10.1. The van der Waals surface area contributed by atoms with Crippen LogP contribution in [0.15, 0.2) is 48.5 Å². The zero-order valence-electron chi connectivity index (χ0n) is 12.9. The molecule has 25 heavy (non-hydrogen) atoms. The summed E-state index contributed by atoms with van der Waals surface area (Å²) >= 11 is 1.30. The van der Waals surface area contributed by atoms with E-state index < -0.39 is 0 Å². The normalized spacial score (nSPS) is 12.7. The van der Waals surface area contributed by atoms with Gasteiger partial charge in [-0.05, 0) is 18.2 Å². The van der Waals surface area contributed by atoms with Gasteiger partial charge in [-0.2, -0.15) is 0 Å². The predicted molar refractivity (Wildman–Crippen MR) is 93.9 cm³/mol. The van der Waals surface area contributed by atoms with E-state index >= 15 is 0 Å². The maximum absolute atomic E-state index is 12.4. The summed E-state index contributed by atoms with van der Waals surface area (Å²) in [6, 6.07) is 14.5. The van der Waals surface area contributed by atoms with E-state index in [0.717, 1.165) is 10.6 Å². The molecule has 1 aliphatic heterocycles. The number of hydrogen-bond acceptors (Lipinski definition) is 6. The van der Waals surface area contributed by atoms with Crippen molar-refractivity contribution >= 4 is 34.0 Å². The third-order valence-electron chi connectivity index (χ3n) is 3.54. The number of aromatic nitrogens is 2. The number of anilines is 2. The third-order valence-corrected chi connectivity index (χ3v) is 4.43. The molecule has 4 rings (SSSR count). The molecule has 2 amide bonds. The largest absolute Gasteiger partial charge is 0.482 e. The zero-order valence-corrected chi connectivity index (χ0v) is 13.7. The summed E-state index contributed by atoms with van der Waals surface area (Å²) in [5, 5.41) is 14.6. The van der Waals surface area contributed by atoms with Crippen molar-refractivity contribution in [2.45, 2.75) is 0 Å². The van der Waals surface area contributed by atoms with Crippen molar-refractivity contribution in [3.63, 3.8) is 0 Å². The Balaban J connectivity index is 1.51. The van der Waals surface area contributed by atoms with Crippen LogP contribution in [-0.4, -0.2) is 28.6 Å². The third kappa shape index (κ3) is 3.20. The number of rotatable bonds is 3. The number of amides is 2. The van der Waals surface area contributed by atoms with E-state index in [2.05, 4.69) is 20.8 Å². The van der Waals surface area contributed by atoms with Crippen molar-refractivity contribution in [2.24, 2.45) is 0 Å². The molecular formula is C17H12N4O3S. The van der Waals surface area contributed by atoms with Crippen LogP contribution >= 0.6 is 11.3 Å². The van der Waals surface area contributed by atoms with Gasteiger partial charge in [-0.15, -0.1) is 10.2 Å². The quantitative estimate of drug-likeness (QED) is 0.756. The second-order valence-corrected chi connectivity index (χ2v) is 6.26. The molecule has 0 spiro atoms. The molecule has 2 N–H and O–H groups in total. The first-order valence-corrected chi connectivity index (χ1v) is 8.28. The van der Waals surface area contributed by atoms with E-state index in [0.29, 0.717) is 22.1 Å². The summed E-state index contributed by atoms with van der Waals surface area (Å²) in [7, 11) is 0. The number of hydrogen-bond donors (Lipinski definition) is 2. The summed E-state index contributed by atoms with van der Waals surface area (Å²) in [5.41, 5.74) is 1.90. The Morgan fingerprint density at radius 3 is 2.84 bits per heavy atom. The van der Waals surface area contributed by atoms with Crippen LogP contribution in [0.3, 0.4) is 0 Å². The highest BCUT2D eigenvalue weighted by Crippen LogP contribution is 2.30. The number of ether oxygens (including phenoxy) is 1. The van der Waals surface area contributed by atoms with Gasteiger partial charge in [-0.3, -0.25) is 14.9 Å². The molecule has 3 aromatic rings. The first-order valence-electron chi connectivity index (χ1n) is 7.46. The van der Waals surface area contributed by atoms with Crippen LogP contribution in [0.2, 0.25) is 0 Å². The summed E-state index contributed by atoms with van der Waals surface area (Å²) < 4.78 is 5.32. The van der Waals surface area contributed by atoms with Crippen molar-refractivity contribution in [2.75, 3.05) is 17.2 Å². The van der Waals surface area contributed by atoms with Gasteiger partial charge in [0, 0.05) is 11.1 Å². The number of nitrogens with one attached hydrogen (secondary N) is 2. The maximum Gasteiger partial charge on any atom is 0.262 e. The molecule has 0 aliphatic carbocycles. The second-order valence-electron chi connectivity index (χ2n) is 5.28. The predicted octanol–water partition coefficient (Wildman–Crippen LogP) is 2.79. The number of fused-ring (bicyclic) bond motifs is 1. The highest BCUT2D eigenvalue weighted by molar-refractivity contribution is 7.18. The average Bonchev–Trinajstić information content (AvgIpc) is 3.10. The molecular weight excluding hydrogens is 340 g/mol. The second kappa shape index (κ2) is 6.33. The number of nitrogens with zero attached hydrogens (tertiary/aromatic N) is 2. The first kappa shape index (κ1) is 15.3. The standard InChI is InChI=1S/C17H12N4O3S/c22-14-9-24-13-8-11(6-7-12(13)18-14)15(23)19-17-21-20-16(25-17)10-4-2-1-3-5-10/h1-8H,9H2,(H,18,22)(H,19,21,23). The van der Waals surface area contributed by atoms with Crippen LogP contribution in [0, 0.1) is 0 Å². The molecule has 0 radical (unpaired) electrons. The Bertz CT molecular complexity index is 956. The Morgan fingerprint density at radius 1 is 1.16 bits per heavy atom. The lowest BCUT2D eigenvalue weighted by Crippen LogP contribution is -2.25. The molecule has 0 atom stereocenters. The van der Waals surface area contributed by atoms with Crippen LogP contribution in [0.1, 0.15) is 10.4 Å². The molecule has 0 fully saturated rings. The smallest absolute Gasteiger partial charge is 0.262 e. The van der Waals surface area contributed by atoms with Gasteiger partial charge in [0.05, 0.1) is 5.69 Å². The lowest BCUT2D eigenvalue weighted by molar-refractivity contribution is -0.118. The van der Waals surface area contributed by atoms with Crippen LogP contribution in [0.25, 0.3) is 10.6 Å². The Hall–Kier alpha value is -3.26. The van der Waals surface area contributed by atoms with Gasteiger partial charge in [-0.1, -0.05) is 41.7 Å². The van der Waals surface area contributed by atoms with E-state index in [1.165, 1.54) is 11.3 Å². The van der Waals surface area contributed by atoms with Crippen molar-refractivity contribution < 1.29 is 14.3 Å². The van der Waals surface area contributed by atoms with E-state index in [4.69, 9.17) is 4.74 Å². The Kier molecular flexibility index (Phi) is 3.87. The van der Waals surface area contributed by atoms with Crippen molar-refractivity contribution in [1.82, 2.24) is 10.2 Å². The van der Waals surface area contributed by atoms with Gasteiger partial charge in [0.15, 0.2) is 6.61 Å². The lowest BCUT2D eigenvalue weighted by Gasteiger charge is -2.18. The fraction of sp³-hybridized carbons (Fsp3) is 0.0588. The molecule has 124 valence electrons. The van der Waals surface area contributed by atoms with Gasteiger partial charge < -0.3 is 10.1 Å². The molecule has 0 unspecified atom stereocenters. The molecule has 0 saturated heterocycles. The molecule has 0 bridgehead atoms. The number of carbonyl (C=O) groups is 2. The van der Waals surface area contributed by atoms with Gasteiger partial charge in [0.25, 0.3) is 11.8 Å². The van der Waals surface area contributed by atoms with E-state index in [1.54, 1.807) is 18.2 Å². The minimum absolute atomic E-state index is 0.0606. The van der Waals surface area contributed by atoms with Crippen molar-refractivity contribution in [3.8, 4) is 16.3 Å². The van der Waals surface area contributed by atoms with Gasteiger partial charge >= 0.3 is 0 Å². The summed E-state index contributed by atoms with van der Waals surface area (Å²) in [6.45, 7) is -0.0606. The minimum Gasteiger partial charge on any atom is -0.482 e. The summed E-state index contributed by atoms with van der Waals surface area (Å²) in [5.74, 6) is -0.0689. The SMILES string of the molecule is O=C1COc2cc(C(=O)Nc3nnc(-c4ccccc4)s3)ccc2N1. The molecule has 0 saturated carbocycles. The molecule has 7 nitrogen and oxygen atoms in total.